The standard InChI is InChI=1S/C22H31N3O4/c1-22(2,3)29-20(27)9-10-24-11-13-25(14-12-24)17-6-4-5-16(15-17)18-7-8-19(26)23-21(18)28/h4-6,15,18H,7-14H2,1-3H3,(H,23,26,28). The van der Waals surface area contributed by atoms with Gasteiger partial charge in [-0.1, -0.05) is 12.1 Å². The number of amides is 2. The maximum atomic E-state index is 12.2. The number of carbonyl (C=O) groups is 3. The van der Waals surface area contributed by atoms with Gasteiger partial charge in [0, 0.05) is 44.8 Å². The molecule has 0 bridgehead atoms. The molecule has 2 aliphatic rings. The number of carbonyl (C=O) groups excluding carboxylic acids is 3. The summed E-state index contributed by atoms with van der Waals surface area (Å²) < 4.78 is 5.38. The number of nitrogens with zero attached hydrogens (tertiary/aromatic N) is 2. The molecule has 2 aliphatic heterocycles. The Morgan fingerprint density at radius 2 is 1.90 bits per heavy atom. The van der Waals surface area contributed by atoms with E-state index in [1.54, 1.807) is 0 Å². The molecule has 0 spiro atoms. The quantitative estimate of drug-likeness (QED) is 0.601. The molecule has 0 radical (unpaired) electrons. The van der Waals surface area contributed by atoms with Gasteiger partial charge in [0.15, 0.2) is 0 Å². The van der Waals surface area contributed by atoms with Crippen LogP contribution in [-0.2, 0) is 19.1 Å². The summed E-state index contributed by atoms with van der Waals surface area (Å²) in [4.78, 5) is 40.0. The van der Waals surface area contributed by atoms with E-state index in [2.05, 4.69) is 27.2 Å². The van der Waals surface area contributed by atoms with Crippen LogP contribution < -0.4 is 10.2 Å². The minimum Gasteiger partial charge on any atom is -0.460 e. The number of anilines is 1. The van der Waals surface area contributed by atoms with Crippen LogP contribution >= 0.6 is 0 Å². The topological polar surface area (TPSA) is 79.0 Å². The van der Waals surface area contributed by atoms with Crippen LogP contribution in [0.3, 0.4) is 0 Å². The molecule has 1 atom stereocenters. The second kappa shape index (κ2) is 8.95. The van der Waals surface area contributed by atoms with E-state index in [0.29, 0.717) is 25.8 Å². The highest BCUT2D eigenvalue weighted by atomic mass is 16.6. The van der Waals surface area contributed by atoms with E-state index in [1.807, 2.05) is 32.9 Å². The average molecular weight is 402 g/mol. The summed E-state index contributed by atoms with van der Waals surface area (Å²) in [5.41, 5.74) is 1.61. The summed E-state index contributed by atoms with van der Waals surface area (Å²) >= 11 is 0. The molecular weight excluding hydrogens is 370 g/mol. The van der Waals surface area contributed by atoms with Gasteiger partial charge in [0.05, 0.1) is 12.3 Å². The molecule has 2 saturated heterocycles. The van der Waals surface area contributed by atoms with Crippen LogP contribution in [0.5, 0.6) is 0 Å². The van der Waals surface area contributed by atoms with Crippen LogP contribution in [-0.4, -0.2) is 61.0 Å². The summed E-state index contributed by atoms with van der Waals surface area (Å²) in [6, 6.07) is 8.06. The number of piperidine rings is 1. The lowest BCUT2D eigenvalue weighted by Gasteiger charge is -2.36. The van der Waals surface area contributed by atoms with E-state index in [4.69, 9.17) is 4.74 Å². The van der Waals surface area contributed by atoms with E-state index < -0.39 is 5.60 Å². The van der Waals surface area contributed by atoms with E-state index in [-0.39, 0.29) is 23.7 Å². The lowest BCUT2D eigenvalue weighted by Crippen LogP contribution is -2.47. The molecule has 0 aromatic heterocycles. The third kappa shape index (κ3) is 6.03. The Morgan fingerprint density at radius 3 is 2.55 bits per heavy atom. The Kier molecular flexibility index (Phi) is 6.57. The second-order valence-electron chi connectivity index (χ2n) is 8.76. The third-order valence-electron chi connectivity index (χ3n) is 5.30. The van der Waals surface area contributed by atoms with Gasteiger partial charge in [-0.05, 0) is 44.9 Å². The number of piperazine rings is 1. The van der Waals surface area contributed by atoms with E-state index in [1.165, 1.54) is 0 Å². The molecule has 1 aromatic carbocycles. The Bertz CT molecular complexity index is 764. The summed E-state index contributed by atoms with van der Waals surface area (Å²) in [6.45, 7) is 9.85. The zero-order valence-electron chi connectivity index (χ0n) is 17.6. The summed E-state index contributed by atoms with van der Waals surface area (Å²) in [6.07, 6.45) is 1.35. The molecule has 2 amide bonds. The first kappa shape index (κ1) is 21.3. The molecule has 158 valence electrons. The predicted molar refractivity (Wildman–Crippen MR) is 111 cm³/mol. The predicted octanol–water partition coefficient (Wildman–Crippen LogP) is 2.06. The Balaban J connectivity index is 1.51. The van der Waals surface area contributed by atoms with Gasteiger partial charge in [0.1, 0.15) is 5.60 Å². The molecule has 7 heteroatoms. The summed E-state index contributed by atoms with van der Waals surface area (Å²) in [5.74, 6) is -0.810. The van der Waals surface area contributed by atoms with Crippen molar-refractivity contribution in [3.63, 3.8) is 0 Å². The molecule has 1 unspecified atom stereocenters. The van der Waals surface area contributed by atoms with Gasteiger partial charge in [-0.25, -0.2) is 0 Å². The van der Waals surface area contributed by atoms with Gasteiger partial charge in [-0.3, -0.25) is 24.6 Å². The largest absolute Gasteiger partial charge is 0.460 e. The number of rotatable bonds is 5. The first-order valence-corrected chi connectivity index (χ1v) is 10.3. The fourth-order valence-electron chi connectivity index (χ4n) is 3.82. The molecule has 7 nitrogen and oxygen atoms in total. The molecule has 3 rings (SSSR count). The van der Waals surface area contributed by atoms with Gasteiger partial charge < -0.3 is 9.64 Å². The summed E-state index contributed by atoms with van der Waals surface area (Å²) in [7, 11) is 0. The molecule has 0 aliphatic carbocycles. The fourth-order valence-corrected chi connectivity index (χ4v) is 3.82. The first-order chi connectivity index (χ1) is 13.7. The highest BCUT2D eigenvalue weighted by Gasteiger charge is 2.28. The highest BCUT2D eigenvalue weighted by Crippen LogP contribution is 2.28. The molecule has 0 saturated carbocycles. The maximum absolute atomic E-state index is 12.2. The van der Waals surface area contributed by atoms with E-state index in [0.717, 1.165) is 37.4 Å². The Morgan fingerprint density at radius 1 is 1.17 bits per heavy atom. The lowest BCUT2D eigenvalue weighted by atomic mass is 9.90. The SMILES string of the molecule is CC(C)(C)OC(=O)CCN1CCN(c2cccc(C3CCC(=O)NC3=O)c2)CC1. The zero-order valence-corrected chi connectivity index (χ0v) is 17.6. The van der Waals surface area contributed by atoms with Crippen molar-refractivity contribution in [3.05, 3.63) is 29.8 Å². The van der Waals surface area contributed by atoms with Crippen molar-refractivity contribution in [1.82, 2.24) is 10.2 Å². The smallest absolute Gasteiger partial charge is 0.307 e. The average Bonchev–Trinajstić information content (AvgIpc) is 2.65. The van der Waals surface area contributed by atoms with Crippen LogP contribution in [0.4, 0.5) is 5.69 Å². The Hall–Kier alpha value is -2.41. The minimum atomic E-state index is -0.441. The maximum Gasteiger partial charge on any atom is 0.307 e. The monoisotopic (exact) mass is 401 g/mol. The Labute approximate surface area is 172 Å². The fraction of sp³-hybridized carbons (Fsp3) is 0.591. The van der Waals surface area contributed by atoms with Crippen LogP contribution in [0.1, 0.15) is 51.5 Å². The van der Waals surface area contributed by atoms with Crippen molar-refractivity contribution in [3.8, 4) is 0 Å². The van der Waals surface area contributed by atoms with Crippen LogP contribution in [0, 0.1) is 0 Å². The van der Waals surface area contributed by atoms with E-state index >= 15 is 0 Å². The van der Waals surface area contributed by atoms with Crippen molar-refractivity contribution in [2.24, 2.45) is 0 Å². The van der Waals surface area contributed by atoms with Gasteiger partial charge in [0.2, 0.25) is 11.8 Å². The van der Waals surface area contributed by atoms with Crippen LogP contribution in [0.15, 0.2) is 24.3 Å². The minimum absolute atomic E-state index is 0.156. The van der Waals surface area contributed by atoms with Gasteiger partial charge in [0.25, 0.3) is 0 Å². The van der Waals surface area contributed by atoms with Crippen molar-refractivity contribution in [2.75, 3.05) is 37.6 Å². The number of esters is 1. The lowest BCUT2D eigenvalue weighted by molar-refractivity contribution is -0.155. The first-order valence-electron chi connectivity index (χ1n) is 10.3. The number of ether oxygens (including phenoxy) is 1. The van der Waals surface area contributed by atoms with Gasteiger partial charge in [-0.15, -0.1) is 0 Å². The highest BCUT2D eigenvalue weighted by molar-refractivity contribution is 6.01. The molecule has 2 fully saturated rings. The van der Waals surface area contributed by atoms with Crippen molar-refractivity contribution >= 4 is 23.5 Å². The molecule has 29 heavy (non-hydrogen) atoms. The van der Waals surface area contributed by atoms with Gasteiger partial charge >= 0.3 is 5.97 Å². The zero-order chi connectivity index (χ0) is 21.0. The van der Waals surface area contributed by atoms with Crippen molar-refractivity contribution in [2.45, 2.75) is 51.6 Å². The van der Waals surface area contributed by atoms with Crippen LogP contribution in [0.2, 0.25) is 0 Å². The van der Waals surface area contributed by atoms with Crippen molar-refractivity contribution < 1.29 is 19.1 Å². The number of hydrogen-bond acceptors (Lipinski definition) is 6. The summed E-state index contributed by atoms with van der Waals surface area (Å²) in [5, 5.41) is 2.43. The van der Waals surface area contributed by atoms with E-state index in [9.17, 15) is 14.4 Å². The molecule has 2 heterocycles. The number of hydrogen-bond donors (Lipinski definition) is 1. The van der Waals surface area contributed by atoms with Crippen molar-refractivity contribution in [1.29, 1.82) is 0 Å². The normalized spacial score (nSPS) is 21.1. The molecule has 1 aromatic rings. The number of imide groups is 1. The molecular formula is C22H31N3O4. The number of benzene rings is 1. The van der Waals surface area contributed by atoms with Crippen LogP contribution in [0.25, 0.3) is 0 Å². The van der Waals surface area contributed by atoms with Gasteiger partial charge in [-0.2, -0.15) is 0 Å². The second-order valence-corrected chi connectivity index (χ2v) is 8.76. The number of nitrogens with one attached hydrogen (secondary N) is 1. The molecule has 1 N–H and O–H groups in total. The third-order valence-corrected chi connectivity index (χ3v) is 5.30.